The lowest BCUT2D eigenvalue weighted by atomic mass is 9.97. The number of carbonyl (C=O) groups is 1. The van der Waals surface area contributed by atoms with Crippen molar-refractivity contribution in [3.63, 3.8) is 0 Å². The van der Waals surface area contributed by atoms with Crippen molar-refractivity contribution >= 4 is 28.5 Å². The first-order chi connectivity index (χ1) is 13.0. The van der Waals surface area contributed by atoms with Gasteiger partial charge in [0.2, 0.25) is 0 Å². The van der Waals surface area contributed by atoms with Gasteiger partial charge in [0.25, 0.3) is 5.56 Å². The van der Waals surface area contributed by atoms with E-state index in [0.717, 1.165) is 11.3 Å². The summed E-state index contributed by atoms with van der Waals surface area (Å²) in [5.74, 6) is 0.207. The third-order valence-electron chi connectivity index (χ3n) is 4.57. The summed E-state index contributed by atoms with van der Waals surface area (Å²) >= 11 is 6.02. The van der Waals surface area contributed by atoms with Gasteiger partial charge in [-0.15, -0.1) is 0 Å². The molecule has 0 spiro atoms. The minimum atomic E-state index is -0.685. The molecular weight excluding hydrogens is 368 g/mol. The number of rotatable bonds is 3. The van der Waals surface area contributed by atoms with Gasteiger partial charge in [-0.2, -0.15) is 0 Å². The van der Waals surface area contributed by atoms with E-state index in [0.29, 0.717) is 28.2 Å². The van der Waals surface area contributed by atoms with E-state index in [4.69, 9.17) is 21.1 Å². The highest BCUT2D eigenvalue weighted by atomic mass is 35.5. The first-order valence-electron chi connectivity index (χ1n) is 8.62. The molecule has 3 aromatic rings. The number of para-hydroxylation sites is 1. The number of benzene rings is 2. The summed E-state index contributed by atoms with van der Waals surface area (Å²) in [6.07, 6.45) is -0.195. The first-order valence-corrected chi connectivity index (χ1v) is 9.00. The monoisotopic (exact) mass is 384 g/mol. The van der Waals surface area contributed by atoms with Gasteiger partial charge in [-0.05, 0) is 49.2 Å². The van der Waals surface area contributed by atoms with Crippen LogP contribution in [0.15, 0.2) is 47.3 Å². The van der Waals surface area contributed by atoms with Crippen molar-refractivity contribution in [1.82, 2.24) is 9.97 Å². The topological polar surface area (TPSA) is 81.3 Å². The molecule has 0 amide bonds. The normalized spacial score (nSPS) is 17.0. The Morgan fingerprint density at radius 3 is 3.00 bits per heavy atom. The van der Waals surface area contributed by atoms with Crippen molar-refractivity contribution in [2.24, 2.45) is 5.92 Å². The Balaban J connectivity index is 1.51. The molecule has 138 valence electrons. The summed E-state index contributed by atoms with van der Waals surface area (Å²) in [6.45, 7) is 1.92. The molecule has 4 rings (SSSR count). The van der Waals surface area contributed by atoms with Crippen LogP contribution >= 0.6 is 11.6 Å². The van der Waals surface area contributed by atoms with Gasteiger partial charge in [-0.25, -0.2) is 4.98 Å². The van der Waals surface area contributed by atoms with Crippen LogP contribution in [-0.4, -0.2) is 22.5 Å². The Hall–Kier alpha value is -2.86. The molecule has 27 heavy (non-hydrogen) atoms. The van der Waals surface area contributed by atoms with Gasteiger partial charge in [0.05, 0.1) is 16.8 Å². The van der Waals surface area contributed by atoms with Crippen LogP contribution < -0.4 is 10.3 Å². The van der Waals surface area contributed by atoms with Gasteiger partial charge in [0.1, 0.15) is 12.4 Å². The predicted octanol–water partition coefficient (Wildman–Crippen LogP) is 3.43. The van der Waals surface area contributed by atoms with Crippen LogP contribution in [0, 0.1) is 5.92 Å². The van der Waals surface area contributed by atoms with E-state index in [1.54, 1.807) is 49.4 Å². The van der Waals surface area contributed by atoms with E-state index in [-0.39, 0.29) is 12.2 Å². The van der Waals surface area contributed by atoms with Crippen molar-refractivity contribution < 1.29 is 14.3 Å². The minimum Gasteiger partial charge on any atom is -0.492 e. The number of ether oxygens (including phenoxy) is 2. The summed E-state index contributed by atoms with van der Waals surface area (Å²) in [7, 11) is 0. The van der Waals surface area contributed by atoms with Gasteiger partial charge in [-0.3, -0.25) is 9.59 Å². The average molecular weight is 385 g/mol. The van der Waals surface area contributed by atoms with Gasteiger partial charge in [0, 0.05) is 5.02 Å². The van der Waals surface area contributed by atoms with Gasteiger partial charge < -0.3 is 14.5 Å². The number of carbonyl (C=O) groups excluding carboxylic acids is 1. The average Bonchev–Trinajstić information content (AvgIpc) is 2.67. The molecule has 2 heterocycles. The highest BCUT2D eigenvalue weighted by molar-refractivity contribution is 6.30. The molecule has 1 aromatic heterocycles. The number of aromatic nitrogens is 2. The SMILES string of the molecule is C[C@@H](OC(=O)[C@H]1COc2ccc(Cl)cc2C1)c1nc2ccccc2c(=O)[nH]1. The van der Waals surface area contributed by atoms with Gasteiger partial charge in [-0.1, -0.05) is 23.7 Å². The van der Waals surface area contributed by atoms with E-state index >= 15 is 0 Å². The number of nitrogens with zero attached hydrogens (tertiary/aromatic N) is 1. The molecular formula is C20H17ClN2O4. The number of halogens is 1. The molecule has 0 saturated carbocycles. The Bertz CT molecular complexity index is 1080. The van der Waals surface area contributed by atoms with Crippen LogP contribution in [0.3, 0.4) is 0 Å². The number of hydrogen-bond acceptors (Lipinski definition) is 5. The minimum absolute atomic E-state index is 0.238. The highest BCUT2D eigenvalue weighted by Gasteiger charge is 2.29. The molecule has 0 bridgehead atoms. The highest BCUT2D eigenvalue weighted by Crippen LogP contribution is 2.31. The second-order valence-electron chi connectivity index (χ2n) is 6.51. The van der Waals surface area contributed by atoms with Crippen molar-refractivity contribution in [3.05, 3.63) is 69.2 Å². The molecule has 2 atom stereocenters. The van der Waals surface area contributed by atoms with Gasteiger partial charge in [0.15, 0.2) is 11.9 Å². The second kappa shape index (κ2) is 7.04. The predicted molar refractivity (Wildman–Crippen MR) is 101 cm³/mol. The van der Waals surface area contributed by atoms with Crippen LogP contribution in [0.2, 0.25) is 5.02 Å². The quantitative estimate of drug-likeness (QED) is 0.699. The maximum atomic E-state index is 12.6. The Morgan fingerprint density at radius 2 is 2.15 bits per heavy atom. The van der Waals surface area contributed by atoms with Crippen LogP contribution in [0.4, 0.5) is 0 Å². The molecule has 1 aliphatic rings. The molecule has 0 radical (unpaired) electrons. The standard InChI is InChI=1S/C20H17ClN2O4/c1-11(18-22-16-5-3-2-4-15(16)19(24)23-18)27-20(25)13-8-12-9-14(21)6-7-17(12)26-10-13/h2-7,9,11,13H,8,10H2,1H3,(H,22,23,24)/t11-,13-/m1/s1. The molecule has 2 aromatic carbocycles. The van der Waals surface area contributed by atoms with Gasteiger partial charge >= 0.3 is 5.97 Å². The number of hydrogen-bond donors (Lipinski definition) is 1. The lowest BCUT2D eigenvalue weighted by molar-refractivity contribution is -0.155. The second-order valence-corrected chi connectivity index (χ2v) is 6.95. The third-order valence-corrected chi connectivity index (χ3v) is 4.81. The van der Waals surface area contributed by atoms with E-state index in [1.165, 1.54) is 0 Å². The smallest absolute Gasteiger partial charge is 0.313 e. The molecule has 0 fully saturated rings. The zero-order valence-electron chi connectivity index (χ0n) is 14.6. The van der Waals surface area contributed by atoms with E-state index in [9.17, 15) is 9.59 Å². The number of esters is 1. The summed E-state index contributed by atoms with van der Waals surface area (Å²) in [4.78, 5) is 31.9. The van der Waals surface area contributed by atoms with E-state index in [2.05, 4.69) is 9.97 Å². The molecule has 6 nitrogen and oxygen atoms in total. The maximum Gasteiger partial charge on any atom is 0.313 e. The van der Waals surface area contributed by atoms with E-state index < -0.39 is 18.0 Å². The van der Waals surface area contributed by atoms with Crippen molar-refractivity contribution in [2.75, 3.05) is 6.61 Å². The Labute approximate surface area is 160 Å². The summed E-state index contributed by atoms with van der Waals surface area (Å²) in [5.41, 5.74) is 1.17. The lowest BCUT2D eigenvalue weighted by Crippen LogP contribution is -2.30. The van der Waals surface area contributed by atoms with Crippen molar-refractivity contribution in [1.29, 1.82) is 0 Å². The molecule has 0 unspecified atom stereocenters. The van der Waals surface area contributed by atoms with E-state index in [1.807, 2.05) is 0 Å². The third kappa shape index (κ3) is 3.53. The maximum absolute atomic E-state index is 12.6. The fraction of sp³-hybridized carbons (Fsp3) is 0.250. The lowest BCUT2D eigenvalue weighted by Gasteiger charge is -2.25. The fourth-order valence-corrected chi connectivity index (χ4v) is 3.33. The van der Waals surface area contributed by atoms with Crippen LogP contribution in [-0.2, 0) is 16.0 Å². The Morgan fingerprint density at radius 1 is 1.33 bits per heavy atom. The summed E-state index contributed by atoms with van der Waals surface area (Å²) in [6, 6.07) is 12.4. The van der Waals surface area contributed by atoms with Crippen molar-refractivity contribution in [3.8, 4) is 5.75 Å². The Kier molecular flexibility index (Phi) is 4.58. The zero-order valence-corrected chi connectivity index (χ0v) is 15.3. The summed E-state index contributed by atoms with van der Waals surface area (Å²) in [5, 5.41) is 1.09. The molecule has 1 aliphatic heterocycles. The fourth-order valence-electron chi connectivity index (χ4n) is 3.14. The van der Waals surface area contributed by atoms with Crippen molar-refractivity contribution in [2.45, 2.75) is 19.4 Å². The molecule has 7 heteroatoms. The number of H-pyrrole nitrogens is 1. The molecule has 1 N–H and O–H groups in total. The summed E-state index contributed by atoms with van der Waals surface area (Å²) < 4.78 is 11.2. The molecule has 0 saturated heterocycles. The largest absolute Gasteiger partial charge is 0.492 e. The van der Waals surface area contributed by atoms with Crippen LogP contribution in [0.1, 0.15) is 24.4 Å². The van der Waals surface area contributed by atoms with Crippen LogP contribution in [0.5, 0.6) is 5.75 Å². The molecule has 0 aliphatic carbocycles. The first kappa shape index (κ1) is 17.5. The zero-order chi connectivity index (χ0) is 19.0. The van der Waals surface area contributed by atoms with Crippen LogP contribution in [0.25, 0.3) is 10.9 Å². The number of aromatic amines is 1. The number of nitrogens with one attached hydrogen (secondary N) is 1. The number of fused-ring (bicyclic) bond motifs is 2.